The van der Waals surface area contributed by atoms with Gasteiger partial charge in [-0.05, 0) is 5.57 Å². The Hall–Kier alpha value is -0.870. The van der Waals surface area contributed by atoms with E-state index in [1.165, 1.54) is 5.57 Å². The number of allylic oxidation sites excluding steroid dienone is 5. The van der Waals surface area contributed by atoms with Gasteiger partial charge >= 0.3 is 0 Å². The molecule has 0 spiro atoms. The third-order valence-corrected chi connectivity index (χ3v) is 1.89. The maximum atomic E-state index is 5.26. The van der Waals surface area contributed by atoms with Crippen LogP contribution in [0.15, 0.2) is 36.0 Å². The molecule has 0 bridgehead atoms. The van der Waals surface area contributed by atoms with Crippen molar-refractivity contribution in [3.05, 3.63) is 36.0 Å². The Morgan fingerprint density at radius 2 is 2.36 bits per heavy atom. The molecule has 0 nitrogen and oxygen atoms in total. The van der Waals surface area contributed by atoms with Crippen molar-refractivity contribution in [3.8, 4) is 12.3 Å². The molecule has 1 atom stereocenters. The van der Waals surface area contributed by atoms with Crippen molar-refractivity contribution in [2.45, 2.75) is 0 Å². The largest absolute Gasteiger partial charge is 0.175 e. The Kier molecular flexibility index (Phi) is 3.07. The zero-order chi connectivity index (χ0) is 8.10. The first-order valence-electron chi connectivity index (χ1n) is 3.49. The maximum Gasteiger partial charge on any atom is 0.0566 e. The van der Waals surface area contributed by atoms with E-state index in [0.29, 0.717) is 0 Å². The van der Waals surface area contributed by atoms with Gasteiger partial charge in [-0.15, -0.1) is 6.42 Å². The molecule has 0 aromatic heterocycles. The van der Waals surface area contributed by atoms with Crippen molar-refractivity contribution in [2.75, 3.05) is 5.75 Å². The van der Waals surface area contributed by atoms with Crippen molar-refractivity contribution < 1.29 is 0 Å². The van der Waals surface area contributed by atoms with Gasteiger partial charge in [0.25, 0.3) is 0 Å². The lowest BCUT2D eigenvalue weighted by Crippen LogP contribution is -1.83. The Morgan fingerprint density at radius 3 is 3.00 bits per heavy atom. The van der Waals surface area contributed by atoms with Gasteiger partial charge < -0.3 is 0 Å². The molecule has 0 aliphatic heterocycles. The van der Waals surface area contributed by atoms with Crippen LogP contribution in [0.25, 0.3) is 0 Å². The average Bonchev–Trinajstić information content (AvgIpc) is 2.28. The van der Waals surface area contributed by atoms with E-state index in [1.807, 2.05) is 30.4 Å². The van der Waals surface area contributed by atoms with E-state index in [0.717, 1.165) is 5.75 Å². The van der Waals surface area contributed by atoms with E-state index in [-0.39, 0.29) is 5.92 Å². The second-order valence-electron chi connectivity index (χ2n) is 2.34. The van der Waals surface area contributed by atoms with Crippen LogP contribution in [-0.4, -0.2) is 5.75 Å². The summed E-state index contributed by atoms with van der Waals surface area (Å²) in [6.45, 7) is 0. The van der Waals surface area contributed by atoms with Crippen molar-refractivity contribution >= 4 is 12.6 Å². The number of hydrogen-bond donors (Lipinski definition) is 1. The van der Waals surface area contributed by atoms with Gasteiger partial charge in [0.1, 0.15) is 0 Å². The van der Waals surface area contributed by atoms with Gasteiger partial charge in [0, 0.05) is 5.75 Å². The molecule has 0 aromatic carbocycles. The average molecular weight is 162 g/mol. The third-order valence-electron chi connectivity index (χ3n) is 1.52. The summed E-state index contributed by atoms with van der Waals surface area (Å²) in [7, 11) is 0. The molecule has 0 fully saturated rings. The molecule has 56 valence electrons. The van der Waals surface area contributed by atoms with E-state index < -0.39 is 0 Å². The molecule has 0 aromatic rings. The molecular weight excluding hydrogens is 152 g/mol. The first kappa shape index (κ1) is 8.23. The monoisotopic (exact) mass is 162 g/mol. The number of thiol groups is 1. The van der Waals surface area contributed by atoms with Gasteiger partial charge in [-0.2, -0.15) is 12.6 Å². The standard InChI is InChI=1S/C10H10S/c1-2-9-4-3-5-10(8-11)7-6-9/h1,3-7,9,11H,8H2. The molecule has 1 rings (SSSR count). The summed E-state index contributed by atoms with van der Waals surface area (Å²) in [6, 6.07) is 0. The van der Waals surface area contributed by atoms with Gasteiger partial charge in [0.2, 0.25) is 0 Å². The Labute approximate surface area is 73.1 Å². The molecular formula is C10H10S. The molecule has 0 saturated carbocycles. The predicted octanol–water partition coefficient (Wildman–Crippen LogP) is 2.22. The summed E-state index contributed by atoms with van der Waals surface area (Å²) in [5, 5.41) is 0. The van der Waals surface area contributed by atoms with Crippen molar-refractivity contribution in [1.82, 2.24) is 0 Å². The lowest BCUT2D eigenvalue weighted by Gasteiger charge is -1.93. The minimum absolute atomic E-state index is 0.142. The predicted molar refractivity (Wildman–Crippen MR) is 52.5 cm³/mol. The molecule has 11 heavy (non-hydrogen) atoms. The van der Waals surface area contributed by atoms with Gasteiger partial charge in [-0.3, -0.25) is 0 Å². The summed E-state index contributed by atoms with van der Waals surface area (Å²) in [5.41, 5.74) is 1.20. The van der Waals surface area contributed by atoms with Crippen LogP contribution in [0.1, 0.15) is 0 Å². The van der Waals surface area contributed by atoms with Crippen LogP contribution < -0.4 is 0 Å². The summed E-state index contributed by atoms with van der Waals surface area (Å²) < 4.78 is 0. The zero-order valence-corrected chi connectivity index (χ0v) is 7.09. The first-order chi connectivity index (χ1) is 5.36. The van der Waals surface area contributed by atoms with Gasteiger partial charge in [0.15, 0.2) is 0 Å². The van der Waals surface area contributed by atoms with E-state index in [4.69, 9.17) is 6.42 Å². The smallest absolute Gasteiger partial charge is 0.0566 e. The fourth-order valence-electron chi connectivity index (χ4n) is 0.862. The topological polar surface area (TPSA) is 0 Å². The summed E-state index contributed by atoms with van der Waals surface area (Å²) >= 11 is 4.17. The van der Waals surface area contributed by atoms with E-state index in [2.05, 4.69) is 18.5 Å². The molecule has 0 saturated heterocycles. The minimum Gasteiger partial charge on any atom is -0.175 e. The number of terminal acetylenes is 1. The lowest BCUT2D eigenvalue weighted by atomic mass is 10.1. The molecule has 0 heterocycles. The lowest BCUT2D eigenvalue weighted by molar-refractivity contribution is 1.12. The van der Waals surface area contributed by atoms with Crippen LogP contribution in [0.2, 0.25) is 0 Å². The summed E-state index contributed by atoms with van der Waals surface area (Å²) in [4.78, 5) is 0. The normalized spacial score (nSPS) is 22.2. The van der Waals surface area contributed by atoms with Gasteiger partial charge in [0.05, 0.1) is 5.92 Å². The van der Waals surface area contributed by atoms with Crippen LogP contribution in [-0.2, 0) is 0 Å². The maximum absolute atomic E-state index is 5.26. The van der Waals surface area contributed by atoms with Gasteiger partial charge in [-0.25, -0.2) is 0 Å². The molecule has 1 unspecified atom stereocenters. The van der Waals surface area contributed by atoms with Gasteiger partial charge in [-0.1, -0.05) is 36.3 Å². The van der Waals surface area contributed by atoms with Crippen LogP contribution in [0, 0.1) is 18.3 Å². The third kappa shape index (κ3) is 2.32. The number of rotatable bonds is 1. The van der Waals surface area contributed by atoms with Crippen molar-refractivity contribution in [1.29, 1.82) is 0 Å². The Morgan fingerprint density at radius 1 is 1.55 bits per heavy atom. The zero-order valence-electron chi connectivity index (χ0n) is 6.20. The number of hydrogen-bond acceptors (Lipinski definition) is 1. The Balaban J connectivity index is 2.76. The Bertz CT molecular complexity index is 251. The van der Waals surface area contributed by atoms with Crippen molar-refractivity contribution in [3.63, 3.8) is 0 Å². The highest BCUT2D eigenvalue weighted by atomic mass is 32.1. The first-order valence-corrected chi connectivity index (χ1v) is 4.12. The molecule has 0 radical (unpaired) electrons. The second kappa shape index (κ2) is 4.10. The highest BCUT2D eigenvalue weighted by Gasteiger charge is 1.96. The van der Waals surface area contributed by atoms with Crippen molar-refractivity contribution in [2.24, 2.45) is 5.92 Å². The molecule has 1 aliphatic carbocycles. The van der Waals surface area contributed by atoms with Crippen LogP contribution in [0.4, 0.5) is 0 Å². The summed E-state index contributed by atoms with van der Waals surface area (Å²) in [5.74, 6) is 3.56. The molecule has 0 N–H and O–H groups in total. The van der Waals surface area contributed by atoms with Crippen LogP contribution in [0.3, 0.4) is 0 Å². The van der Waals surface area contributed by atoms with E-state index >= 15 is 0 Å². The second-order valence-corrected chi connectivity index (χ2v) is 2.65. The van der Waals surface area contributed by atoms with Crippen LogP contribution in [0.5, 0.6) is 0 Å². The van der Waals surface area contributed by atoms with E-state index in [9.17, 15) is 0 Å². The fraction of sp³-hybridized carbons (Fsp3) is 0.200. The van der Waals surface area contributed by atoms with Crippen LogP contribution >= 0.6 is 12.6 Å². The highest BCUT2D eigenvalue weighted by molar-refractivity contribution is 7.80. The SMILES string of the molecule is C#CC1C=CC=C(CS)C=C1. The molecule has 0 amide bonds. The summed E-state index contributed by atoms with van der Waals surface area (Å²) in [6.07, 6.45) is 15.3. The molecule has 1 heteroatoms. The molecule has 1 aliphatic rings. The fourth-order valence-corrected chi connectivity index (χ4v) is 1.07. The van der Waals surface area contributed by atoms with E-state index in [1.54, 1.807) is 0 Å². The minimum atomic E-state index is 0.142. The highest BCUT2D eigenvalue weighted by Crippen LogP contribution is 2.09. The quantitative estimate of drug-likeness (QED) is 0.443.